The summed E-state index contributed by atoms with van der Waals surface area (Å²) in [7, 11) is 0. The van der Waals surface area contributed by atoms with E-state index in [4.69, 9.17) is 4.74 Å². The average molecular weight is 314 g/mol. The highest BCUT2D eigenvalue weighted by atomic mass is 16.6. The molecule has 0 aromatic rings. The van der Waals surface area contributed by atoms with Gasteiger partial charge < -0.3 is 20.5 Å². The lowest BCUT2D eigenvalue weighted by Gasteiger charge is -2.37. The van der Waals surface area contributed by atoms with Crippen LogP contribution >= 0.6 is 0 Å². The number of hydrogen-bond donors (Lipinski definition) is 3. The van der Waals surface area contributed by atoms with Gasteiger partial charge in [-0.15, -0.1) is 0 Å². The van der Waals surface area contributed by atoms with Crippen molar-refractivity contribution in [1.29, 1.82) is 0 Å². The van der Waals surface area contributed by atoms with Gasteiger partial charge in [0.15, 0.2) is 0 Å². The highest BCUT2D eigenvalue weighted by molar-refractivity contribution is 5.73. The molecule has 0 aromatic heterocycles. The van der Waals surface area contributed by atoms with Crippen LogP contribution in [0.3, 0.4) is 0 Å². The second-order valence-corrected chi connectivity index (χ2v) is 7.18. The lowest BCUT2D eigenvalue weighted by Crippen LogP contribution is -2.53. The lowest BCUT2D eigenvalue weighted by atomic mass is 9.79. The topological polar surface area (TPSA) is 87.7 Å². The van der Waals surface area contributed by atoms with E-state index in [-0.39, 0.29) is 17.9 Å². The molecule has 0 radical (unpaired) electrons. The molecule has 0 heterocycles. The number of alkyl carbamates (subject to hydrolysis) is 1. The maximum atomic E-state index is 11.8. The van der Waals surface area contributed by atoms with Crippen LogP contribution in [0.1, 0.15) is 60.3 Å². The van der Waals surface area contributed by atoms with Crippen LogP contribution in [0.25, 0.3) is 0 Å². The molecule has 0 spiro atoms. The van der Waals surface area contributed by atoms with Gasteiger partial charge in [0.05, 0.1) is 12.1 Å². The molecule has 0 saturated heterocycles. The average Bonchev–Trinajstić information content (AvgIpc) is 2.35. The summed E-state index contributed by atoms with van der Waals surface area (Å²) in [5, 5.41) is 16.2. The Hall–Kier alpha value is -1.30. The van der Waals surface area contributed by atoms with E-state index in [1.807, 2.05) is 0 Å². The van der Waals surface area contributed by atoms with Gasteiger partial charge in [0.25, 0.3) is 0 Å². The van der Waals surface area contributed by atoms with Gasteiger partial charge in [-0.1, -0.05) is 12.8 Å². The molecule has 4 unspecified atom stereocenters. The first-order valence-electron chi connectivity index (χ1n) is 8.05. The van der Waals surface area contributed by atoms with Crippen LogP contribution in [-0.2, 0) is 9.53 Å². The Morgan fingerprint density at radius 3 is 2.36 bits per heavy atom. The van der Waals surface area contributed by atoms with Crippen LogP contribution < -0.4 is 10.6 Å². The van der Waals surface area contributed by atoms with Crippen molar-refractivity contribution in [1.82, 2.24) is 10.6 Å². The molecule has 1 aliphatic carbocycles. The predicted octanol–water partition coefficient (Wildman–Crippen LogP) is 1.96. The molecule has 4 atom stereocenters. The molecule has 0 aromatic carbocycles. The zero-order chi connectivity index (χ0) is 16.9. The highest BCUT2D eigenvalue weighted by Gasteiger charge is 2.35. The fourth-order valence-electron chi connectivity index (χ4n) is 2.96. The predicted molar refractivity (Wildman–Crippen MR) is 84.4 cm³/mol. The Balaban J connectivity index is 2.61. The zero-order valence-corrected chi connectivity index (χ0v) is 14.3. The first-order chi connectivity index (χ1) is 10.1. The summed E-state index contributed by atoms with van der Waals surface area (Å²) in [6.07, 6.45) is 2.52. The second-order valence-electron chi connectivity index (χ2n) is 7.18. The molecule has 1 rings (SSSR count). The fourth-order valence-corrected chi connectivity index (χ4v) is 2.96. The van der Waals surface area contributed by atoms with Crippen LogP contribution in [0.2, 0.25) is 0 Å². The third-order valence-corrected chi connectivity index (χ3v) is 3.90. The molecule has 0 bridgehead atoms. The van der Waals surface area contributed by atoms with Crippen molar-refractivity contribution < 1.29 is 19.4 Å². The minimum Gasteiger partial charge on any atom is -0.444 e. The molecule has 6 nitrogen and oxygen atoms in total. The minimum absolute atomic E-state index is 0.0378. The molecule has 22 heavy (non-hydrogen) atoms. The monoisotopic (exact) mass is 314 g/mol. The molecule has 0 aliphatic heterocycles. The van der Waals surface area contributed by atoms with E-state index in [1.165, 1.54) is 6.92 Å². The van der Waals surface area contributed by atoms with Crippen LogP contribution in [0, 0.1) is 5.92 Å². The Kier molecular flexibility index (Phi) is 6.66. The van der Waals surface area contributed by atoms with Crippen LogP contribution in [0.15, 0.2) is 0 Å². The van der Waals surface area contributed by atoms with Gasteiger partial charge in [-0.05, 0) is 40.5 Å². The number of carbonyl (C=O) groups excluding carboxylic acids is 2. The van der Waals surface area contributed by atoms with E-state index in [1.54, 1.807) is 27.7 Å². The number of carbonyl (C=O) groups is 2. The Morgan fingerprint density at radius 1 is 1.23 bits per heavy atom. The fraction of sp³-hybridized carbons (Fsp3) is 0.875. The lowest BCUT2D eigenvalue weighted by molar-refractivity contribution is -0.120. The third-order valence-electron chi connectivity index (χ3n) is 3.90. The Labute approximate surface area is 133 Å². The van der Waals surface area contributed by atoms with E-state index < -0.39 is 23.8 Å². The first-order valence-corrected chi connectivity index (χ1v) is 8.05. The first kappa shape index (κ1) is 18.7. The van der Waals surface area contributed by atoms with E-state index >= 15 is 0 Å². The van der Waals surface area contributed by atoms with Gasteiger partial charge in [-0.25, -0.2) is 4.79 Å². The van der Waals surface area contributed by atoms with E-state index in [0.717, 1.165) is 25.7 Å². The number of aliphatic hydroxyl groups excluding tert-OH is 1. The summed E-state index contributed by atoms with van der Waals surface area (Å²) in [6, 6.07) is -0.474. The van der Waals surface area contributed by atoms with E-state index in [2.05, 4.69) is 10.6 Å². The molecule has 1 fully saturated rings. The summed E-state index contributed by atoms with van der Waals surface area (Å²) in [5.74, 6) is -0.139. The van der Waals surface area contributed by atoms with Gasteiger partial charge in [-0.3, -0.25) is 4.79 Å². The summed E-state index contributed by atoms with van der Waals surface area (Å²) >= 11 is 0. The molecule has 6 heteroatoms. The maximum absolute atomic E-state index is 11.8. The largest absolute Gasteiger partial charge is 0.444 e. The Bertz CT molecular complexity index is 392. The summed E-state index contributed by atoms with van der Waals surface area (Å²) < 4.78 is 5.21. The molecular formula is C16H30N2O4. The van der Waals surface area contributed by atoms with Crippen LogP contribution in [0.4, 0.5) is 4.79 Å². The minimum atomic E-state index is -0.718. The van der Waals surface area contributed by atoms with Crippen molar-refractivity contribution in [2.24, 2.45) is 5.92 Å². The highest BCUT2D eigenvalue weighted by Crippen LogP contribution is 2.28. The van der Waals surface area contributed by atoms with Crippen molar-refractivity contribution in [3.05, 3.63) is 0 Å². The SMILES string of the molecule is CC(=O)NC1CCCCC1C(O)C(C)NC(=O)OC(C)(C)C. The molecule has 1 aliphatic rings. The van der Waals surface area contributed by atoms with Crippen molar-refractivity contribution >= 4 is 12.0 Å². The number of nitrogens with one attached hydrogen (secondary N) is 2. The van der Waals surface area contributed by atoms with Gasteiger partial charge in [0, 0.05) is 18.9 Å². The summed E-state index contributed by atoms with van der Waals surface area (Å²) in [4.78, 5) is 23.1. The molecule has 3 N–H and O–H groups in total. The van der Waals surface area contributed by atoms with Crippen molar-refractivity contribution in [3.63, 3.8) is 0 Å². The number of amides is 2. The summed E-state index contributed by atoms with van der Waals surface area (Å²) in [6.45, 7) is 8.62. The zero-order valence-electron chi connectivity index (χ0n) is 14.3. The van der Waals surface area contributed by atoms with Gasteiger partial charge in [0.1, 0.15) is 5.60 Å². The van der Waals surface area contributed by atoms with Gasteiger partial charge in [-0.2, -0.15) is 0 Å². The molecule has 128 valence electrons. The molecule has 1 saturated carbocycles. The summed E-state index contributed by atoms with van der Waals surface area (Å²) in [5.41, 5.74) is -0.571. The van der Waals surface area contributed by atoms with Crippen LogP contribution in [0.5, 0.6) is 0 Å². The molecule has 2 amide bonds. The van der Waals surface area contributed by atoms with E-state index in [9.17, 15) is 14.7 Å². The van der Waals surface area contributed by atoms with Gasteiger partial charge >= 0.3 is 6.09 Å². The van der Waals surface area contributed by atoms with Crippen molar-refractivity contribution in [3.8, 4) is 0 Å². The third kappa shape index (κ3) is 6.22. The molecular weight excluding hydrogens is 284 g/mol. The smallest absolute Gasteiger partial charge is 0.407 e. The number of ether oxygens (including phenoxy) is 1. The quantitative estimate of drug-likeness (QED) is 0.740. The maximum Gasteiger partial charge on any atom is 0.407 e. The normalized spacial score (nSPS) is 25.0. The number of aliphatic hydroxyl groups is 1. The Morgan fingerprint density at radius 2 is 1.82 bits per heavy atom. The van der Waals surface area contributed by atoms with Crippen LogP contribution in [-0.4, -0.2) is 40.9 Å². The van der Waals surface area contributed by atoms with Crippen molar-refractivity contribution in [2.45, 2.75) is 84.1 Å². The number of rotatable bonds is 4. The van der Waals surface area contributed by atoms with Crippen molar-refractivity contribution in [2.75, 3.05) is 0 Å². The van der Waals surface area contributed by atoms with E-state index in [0.29, 0.717) is 0 Å². The van der Waals surface area contributed by atoms with Gasteiger partial charge in [0.2, 0.25) is 5.91 Å². The standard InChI is InChI=1S/C16H30N2O4/c1-10(17-15(21)22-16(3,4)5)14(20)12-8-6-7-9-13(12)18-11(2)19/h10,12-14,20H,6-9H2,1-5H3,(H,17,21)(H,18,19). The second kappa shape index (κ2) is 7.81. The number of hydrogen-bond acceptors (Lipinski definition) is 4.